The quantitative estimate of drug-likeness (QED) is 0.681. The molecule has 0 aliphatic heterocycles. The van der Waals surface area contributed by atoms with E-state index in [-0.39, 0.29) is 5.91 Å². The van der Waals surface area contributed by atoms with Crippen molar-refractivity contribution >= 4 is 23.2 Å². The second-order valence-corrected chi connectivity index (χ2v) is 5.11. The lowest BCUT2D eigenvalue weighted by Gasteiger charge is -2.05. The Bertz CT molecular complexity index is 635. The first-order valence-electron chi connectivity index (χ1n) is 6.68. The average molecular weight is 304 g/mol. The Kier molecular flexibility index (Phi) is 5.05. The highest BCUT2D eigenvalue weighted by molar-refractivity contribution is 7.11. The van der Waals surface area contributed by atoms with Crippen LogP contribution in [0.1, 0.15) is 39.6 Å². The molecule has 1 amide bonds. The Hall–Kier alpha value is -2.21. The smallest absolute Gasteiger partial charge is 0.355 e. The van der Waals surface area contributed by atoms with E-state index in [4.69, 9.17) is 4.74 Å². The maximum Gasteiger partial charge on any atom is 0.355 e. The molecule has 0 saturated heterocycles. The fourth-order valence-corrected chi connectivity index (χ4v) is 2.53. The van der Waals surface area contributed by atoms with Gasteiger partial charge in [-0.15, -0.1) is 11.3 Å². The molecular formula is C15H16N2O3S. The lowest BCUT2D eigenvalue weighted by molar-refractivity contribution is 0.0738. The molecule has 0 unspecified atom stereocenters. The minimum atomic E-state index is -0.417. The molecule has 5 nitrogen and oxygen atoms in total. The number of amides is 1. The summed E-state index contributed by atoms with van der Waals surface area (Å²) in [5.74, 6) is -0.158. The van der Waals surface area contributed by atoms with Crippen molar-refractivity contribution in [3.05, 3.63) is 45.9 Å². The molecule has 0 radical (unpaired) electrons. The van der Waals surface area contributed by atoms with Gasteiger partial charge in [-0.2, -0.15) is 0 Å². The van der Waals surface area contributed by atoms with E-state index in [1.54, 1.807) is 29.8 Å². The number of rotatable bonds is 5. The van der Waals surface area contributed by atoms with Crippen molar-refractivity contribution in [2.75, 3.05) is 6.54 Å². The van der Waals surface area contributed by atoms with Gasteiger partial charge in [0.2, 0.25) is 0 Å². The van der Waals surface area contributed by atoms with E-state index < -0.39 is 5.97 Å². The highest BCUT2D eigenvalue weighted by atomic mass is 32.1. The first-order valence-corrected chi connectivity index (χ1v) is 7.56. The highest BCUT2D eigenvalue weighted by Gasteiger charge is 2.16. The van der Waals surface area contributed by atoms with E-state index in [0.29, 0.717) is 29.2 Å². The average Bonchev–Trinajstić information content (AvgIpc) is 2.97. The van der Waals surface area contributed by atoms with Gasteiger partial charge in [-0.1, -0.05) is 6.92 Å². The summed E-state index contributed by atoms with van der Waals surface area (Å²) in [4.78, 5) is 28.3. The van der Waals surface area contributed by atoms with Crippen molar-refractivity contribution < 1.29 is 14.3 Å². The zero-order valence-electron chi connectivity index (χ0n) is 11.9. The Morgan fingerprint density at radius 3 is 2.57 bits per heavy atom. The second-order valence-electron chi connectivity index (χ2n) is 4.26. The number of hydrogen-bond donors (Lipinski definition) is 1. The summed E-state index contributed by atoms with van der Waals surface area (Å²) in [7, 11) is 0. The predicted octanol–water partition coefficient (Wildman–Crippen LogP) is 2.67. The van der Waals surface area contributed by atoms with Gasteiger partial charge in [0.05, 0.1) is 11.2 Å². The van der Waals surface area contributed by atoms with Gasteiger partial charge < -0.3 is 10.1 Å². The van der Waals surface area contributed by atoms with Crippen LogP contribution in [0.4, 0.5) is 0 Å². The SMILES string of the molecule is CCNC(=O)c1ccc(OC(=O)c2scnc2CC)cc1. The Morgan fingerprint density at radius 1 is 1.24 bits per heavy atom. The molecule has 0 aliphatic carbocycles. The van der Waals surface area contributed by atoms with Crippen molar-refractivity contribution in [1.82, 2.24) is 10.3 Å². The molecule has 1 heterocycles. The summed E-state index contributed by atoms with van der Waals surface area (Å²) in [6.45, 7) is 4.36. The Balaban J connectivity index is 2.07. The van der Waals surface area contributed by atoms with Crippen molar-refractivity contribution in [1.29, 1.82) is 0 Å². The summed E-state index contributed by atoms with van der Waals surface area (Å²) in [5.41, 5.74) is 2.90. The van der Waals surface area contributed by atoms with Crippen LogP contribution in [0.15, 0.2) is 29.8 Å². The van der Waals surface area contributed by atoms with Gasteiger partial charge in [0, 0.05) is 12.1 Å². The van der Waals surface area contributed by atoms with Gasteiger partial charge in [0.1, 0.15) is 10.6 Å². The van der Waals surface area contributed by atoms with Gasteiger partial charge in [-0.3, -0.25) is 4.79 Å². The van der Waals surface area contributed by atoms with Crippen LogP contribution in [-0.2, 0) is 6.42 Å². The van der Waals surface area contributed by atoms with Crippen LogP contribution in [0, 0.1) is 0 Å². The van der Waals surface area contributed by atoms with E-state index in [9.17, 15) is 9.59 Å². The molecule has 0 spiro atoms. The van der Waals surface area contributed by atoms with Crippen LogP contribution < -0.4 is 10.1 Å². The van der Waals surface area contributed by atoms with E-state index in [1.807, 2.05) is 13.8 Å². The Morgan fingerprint density at radius 2 is 1.95 bits per heavy atom. The molecule has 1 aromatic carbocycles. The summed E-state index contributed by atoms with van der Waals surface area (Å²) >= 11 is 1.27. The van der Waals surface area contributed by atoms with Crippen LogP contribution in [-0.4, -0.2) is 23.4 Å². The molecule has 2 aromatic rings. The molecule has 0 saturated carbocycles. The first-order chi connectivity index (χ1) is 10.2. The molecule has 2 rings (SSSR count). The number of carbonyl (C=O) groups is 2. The number of ether oxygens (including phenoxy) is 1. The zero-order chi connectivity index (χ0) is 15.2. The number of aromatic nitrogens is 1. The van der Waals surface area contributed by atoms with Crippen LogP contribution >= 0.6 is 11.3 Å². The molecule has 0 fully saturated rings. The normalized spacial score (nSPS) is 10.2. The summed E-state index contributed by atoms with van der Waals surface area (Å²) < 4.78 is 5.30. The van der Waals surface area contributed by atoms with E-state index in [2.05, 4.69) is 10.3 Å². The standard InChI is InChI=1S/C15H16N2O3S/c1-3-12-13(21-9-17-12)15(19)20-11-7-5-10(6-8-11)14(18)16-4-2/h5-9H,3-4H2,1-2H3,(H,16,18). The minimum Gasteiger partial charge on any atom is -0.422 e. The number of carbonyl (C=O) groups excluding carboxylic acids is 2. The maximum atomic E-state index is 12.0. The van der Waals surface area contributed by atoms with Gasteiger partial charge >= 0.3 is 5.97 Å². The van der Waals surface area contributed by atoms with Gasteiger partial charge in [0.15, 0.2) is 0 Å². The number of aryl methyl sites for hydroxylation is 1. The van der Waals surface area contributed by atoms with Crippen LogP contribution in [0.25, 0.3) is 0 Å². The lowest BCUT2D eigenvalue weighted by Crippen LogP contribution is -2.22. The molecule has 1 aromatic heterocycles. The molecule has 110 valence electrons. The molecular weight excluding hydrogens is 288 g/mol. The zero-order valence-corrected chi connectivity index (χ0v) is 12.7. The number of nitrogens with one attached hydrogen (secondary N) is 1. The fraction of sp³-hybridized carbons (Fsp3) is 0.267. The summed E-state index contributed by atoms with van der Waals surface area (Å²) in [5, 5.41) is 2.71. The van der Waals surface area contributed by atoms with Gasteiger partial charge in [-0.05, 0) is 37.6 Å². The molecule has 0 atom stereocenters. The number of esters is 1. The molecule has 21 heavy (non-hydrogen) atoms. The van der Waals surface area contributed by atoms with Crippen LogP contribution in [0.3, 0.4) is 0 Å². The lowest BCUT2D eigenvalue weighted by atomic mass is 10.2. The van der Waals surface area contributed by atoms with E-state index in [0.717, 1.165) is 5.69 Å². The topological polar surface area (TPSA) is 68.3 Å². The maximum absolute atomic E-state index is 12.0. The first kappa shape index (κ1) is 15.2. The number of hydrogen-bond acceptors (Lipinski definition) is 5. The van der Waals surface area contributed by atoms with Crippen molar-refractivity contribution in [2.45, 2.75) is 20.3 Å². The molecule has 1 N–H and O–H groups in total. The van der Waals surface area contributed by atoms with Crippen molar-refractivity contribution in [3.8, 4) is 5.75 Å². The molecule has 0 bridgehead atoms. The predicted molar refractivity (Wildman–Crippen MR) is 80.9 cm³/mol. The summed E-state index contributed by atoms with van der Waals surface area (Å²) in [6.07, 6.45) is 0.685. The largest absolute Gasteiger partial charge is 0.422 e. The van der Waals surface area contributed by atoms with Crippen LogP contribution in [0.2, 0.25) is 0 Å². The molecule has 0 aliphatic rings. The third-order valence-corrected chi connectivity index (χ3v) is 3.67. The monoisotopic (exact) mass is 304 g/mol. The minimum absolute atomic E-state index is 0.147. The second kappa shape index (κ2) is 6.99. The van der Waals surface area contributed by atoms with Gasteiger partial charge in [0.25, 0.3) is 5.91 Å². The van der Waals surface area contributed by atoms with Crippen molar-refractivity contribution in [2.24, 2.45) is 0 Å². The fourth-order valence-electron chi connectivity index (χ4n) is 1.78. The molecule has 6 heteroatoms. The number of nitrogens with zero attached hydrogens (tertiary/aromatic N) is 1. The van der Waals surface area contributed by atoms with Gasteiger partial charge in [-0.25, -0.2) is 9.78 Å². The summed E-state index contributed by atoms with van der Waals surface area (Å²) in [6, 6.07) is 6.46. The van der Waals surface area contributed by atoms with Crippen LogP contribution in [0.5, 0.6) is 5.75 Å². The number of thiazole rings is 1. The highest BCUT2D eigenvalue weighted by Crippen LogP contribution is 2.19. The Labute approximate surface area is 127 Å². The third-order valence-electron chi connectivity index (χ3n) is 2.83. The van der Waals surface area contributed by atoms with Crippen molar-refractivity contribution in [3.63, 3.8) is 0 Å². The number of benzene rings is 1. The van der Waals surface area contributed by atoms with E-state index >= 15 is 0 Å². The van der Waals surface area contributed by atoms with E-state index in [1.165, 1.54) is 11.3 Å². The third kappa shape index (κ3) is 3.66.